The fourth-order valence-corrected chi connectivity index (χ4v) is 11.2. The zero-order chi connectivity index (χ0) is 35.4. The van der Waals surface area contributed by atoms with Crippen molar-refractivity contribution in [1.82, 2.24) is 0 Å². The van der Waals surface area contributed by atoms with Crippen LogP contribution >= 0.6 is 10.3 Å². The van der Waals surface area contributed by atoms with Crippen LogP contribution in [-0.2, 0) is 13.7 Å². The van der Waals surface area contributed by atoms with Crippen LogP contribution in [0.3, 0.4) is 0 Å². The zero-order valence-electron chi connectivity index (χ0n) is 28.1. The summed E-state index contributed by atoms with van der Waals surface area (Å²) in [5.41, 5.74) is 0. The van der Waals surface area contributed by atoms with E-state index in [0.717, 1.165) is 103 Å². The lowest BCUT2D eigenvalue weighted by atomic mass is 10.1. The molecule has 0 aromatic rings. The Balaban J connectivity index is 6.14. The molecule has 0 atom stereocenters. The summed E-state index contributed by atoms with van der Waals surface area (Å²) < 4.78 is 154. The van der Waals surface area contributed by atoms with Crippen LogP contribution < -0.4 is 0 Å². The van der Waals surface area contributed by atoms with E-state index in [2.05, 4.69) is 13.8 Å². The largest absolute Gasteiger partial charge is 0.460 e. The average molecular weight is 727 g/mol. The lowest BCUT2D eigenvalue weighted by Gasteiger charge is -2.41. The van der Waals surface area contributed by atoms with Gasteiger partial charge in [-0.3, -0.25) is 0 Å². The van der Waals surface area contributed by atoms with E-state index in [1.165, 1.54) is 0 Å². The average Bonchev–Trinajstić information content (AvgIpc) is 2.96. The molecule has 0 aromatic heterocycles. The molecular formula is C32H59F9O3S2. The highest BCUT2D eigenvalue weighted by Crippen LogP contribution is 2.60. The van der Waals surface area contributed by atoms with Crippen molar-refractivity contribution in [3.05, 3.63) is 0 Å². The number of rotatable bonds is 30. The first-order valence-electron chi connectivity index (χ1n) is 17.3. The van der Waals surface area contributed by atoms with Crippen molar-refractivity contribution < 1.29 is 51.6 Å². The Kier molecular flexibility index (Phi) is 22.2. The fourth-order valence-electron chi connectivity index (χ4n) is 5.30. The highest BCUT2D eigenvalue weighted by atomic mass is 32.3. The smallest absolute Gasteiger partial charge is 0.215 e. The van der Waals surface area contributed by atoms with Crippen molar-refractivity contribution in [1.29, 1.82) is 0 Å². The van der Waals surface area contributed by atoms with Crippen molar-refractivity contribution in [2.45, 2.75) is 185 Å². The van der Waals surface area contributed by atoms with Crippen LogP contribution in [0.1, 0.15) is 162 Å². The molecule has 14 heteroatoms. The number of unbranched alkanes of at least 4 members (excludes halogenated alkanes) is 19. The quantitative estimate of drug-likeness (QED) is 0.0547. The van der Waals surface area contributed by atoms with Gasteiger partial charge in [-0.25, -0.2) is 3.63 Å². The molecule has 0 aliphatic rings. The van der Waals surface area contributed by atoms with Crippen LogP contribution in [0.4, 0.5) is 39.5 Å². The Hall–Kier alpha value is -0.370. The van der Waals surface area contributed by atoms with E-state index in [-0.39, 0.29) is 17.3 Å². The summed E-state index contributed by atoms with van der Waals surface area (Å²) in [6.45, 7) is 6.17. The minimum atomic E-state index is -7.31. The zero-order valence-corrected chi connectivity index (χ0v) is 29.8. The molecule has 0 aliphatic heterocycles. The van der Waals surface area contributed by atoms with Gasteiger partial charge in [0.1, 0.15) is 0 Å². The molecule has 0 unspecified atom stereocenters. The SMILES string of the molecule is CCCCCCCCCCS(CCCCCCCC)(CCCCCCCCCC)OS(=O)(=O)C(F)(F)C(F)(F)C(F)(F)C(F)(F)F. The second-order valence-electron chi connectivity index (χ2n) is 12.5. The fraction of sp³-hybridized carbons (Fsp3) is 1.00. The Labute approximate surface area is 274 Å². The van der Waals surface area contributed by atoms with Gasteiger partial charge in [0.25, 0.3) is 0 Å². The predicted molar refractivity (Wildman–Crippen MR) is 172 cm³/mol. The normalized spacial score (nSPS) is 14.3. The van der Waals surface area contributed by atoms with Crippen LogP contribution in [0.5, 0.6) is 0 Å². The third kappa shape index (κ3) is 15.0. The summed E-state index contributed by atoms with van der Waals surface area (Å²) in [6.07, 6.45) is 10.9. The van der Waals surface area contributed by atoms with Gasteiger partial charge in [0.2, 0.25) is 0 Å². The standard InChI is InChI=1S/C32H59F9O3S2/c1-4-7-10-13-16-18-21-24-27-45(26-23-20-15-12-9-6-3,28-25-22-19-17-14-11-8-5-2)44-46(42,43)32(40,41)30(35,36)29(33,34)31(37,38)39/h4-28H2,1-3H3. The molecular weight excluding hydrogens is 667 g/mol. The van der Waals surface area contributed by atoms with Crippen molar-refractivity contribution in [2.24, 2.45) is 0 Å². The van der Waals surface area contributed by atoms with Gasteiger partial charge in [0, 0.05) is 17.3 Å². The minimum Gasteiger partial charge on any atom is -0.215 e. The number of alkyl halides is 9. The maximum atomic E-state index is 14.8. The van der Waals surface area contributed by atoms with Crippen LogP contribution in [-0.4, -0.2) is 49.0 Å². The summed E-state index contributed by atoms with van der Waals surface area (Å²) >= 11 is 0. The summed E-state index contributed by atoms with van der Waals surface area (Å²) in [5.74, 6) is -14.7. The molecule has 0 N–H and O–H groups in total. The number of hydrogen-bond acceptors (Lipinski definition) is 3. The second-order valence-corrected chi connectivity index (χ2v) is 17.6. The topological polar surface area (TPSA) is 43.4 Å². The van der Waals surface area contributed by atoms with Gasteiger partial charge in [-0.1, -0.05) is 143 Å². The van der Waals surface area contributed by atoms with Crippen LogP contribution in [0.2, 0.25) is 0 Å². The van der Waals surface area contributed by atoms with Crippen molar-refractivity contribution in [2.75, 3.05) is 17.3 Å². The molecule has 0 rings (SSSR count). The van der Waals surface area contributed by atoms with Gasteiger partial charge < -0.3 is 0 Å². The van der Waals surface area contributed by atoms with E-state index >= 15 is 0 Å². The lowest BCUT2D eigenvalue weighted by molar-refractivity contribution is -0.382. The van der Waals surface area contributed by atoms with E-state index in [1.54, 1.807) is 0 Å². The van der Waals surface area contributed by atoms with Gasteiger partial charge in [0.05, 0.1) is 0 Å². The Bertz CT molecular complexity index is 863. The maximum absolute atomic E-state index is 14.8. The summed E-state index contributed by atoms with van der Waals surface area (Å²) in [6, 6.07) is 0. The monoisotopic (exact) mass is 726 g/mol. The minimum absolute atomic E-state index is 0.0377. The van der Waals surface area contributed by atoms with E-state index in [0.29, 0.717) is 38.5 Å². The van der Waals surface area contributed by atoms with Crippen LogP contribution in [0.15, 0.2) is 0 Å². The van der Waals surface area contributed by atoms with Gasteiger partial charge in [-0.05, 0) is 19.3 Å². The molecule has 0 heterocycles. The molecule has 280 valence electrons. The summed E-state index contributed by atoms with van der Waals surface area (Å²) in [5, 5.41) is -6.82. The molecule has 0 amide bonds. The van der Waals surface area contributed by atoms with Crippen molar-refractivity contribution in [3.8, 4) is 0 Å². The van der Waals surface area contributed by atoms with Crippen molar-refractivity contribution >= 4 is 20.4 Å². The molecule has 0 saturated heterocycles. The second kappa shape index (κ2) is 22.4. The Morgan fingerprint density at radius 2 is 0.674 bits per heavy atom. The highest BCUT2D eigenvalue weighted by Gasteiger charge is 2.86. The molecule has 0 fully saturated rings. The predicted octanol–water partition coefficient (Wildman–Crippen LogP) is 13.1. The Morgan fingerprint density at radius 3 is 0.935 bits per heavy atom. The van der Waals surface area contributed by atoms with Crippen molar-refractivity contribution in [3.63, 3.8) is 0 Å². The molecule has 0 radical (unpaired) electrons. The molecule has 0 aliphatic carbocycles. The maximum Gasteiger partial charge on any atom is 0.460 e. The van der Waals surface area contributed by atoms with Crippen LogP contribution in [0.25, 0.3) is 0 Å². The van der Waals surface area contributed by atoms with E-state index in [9.17, 15) is 47.9 Å². The molecule has 0 spiro atoms. The van der Waals surface area contributed by atoms with E-state index in [4.69, 9.17) is 3.63 Å². The first-order valence-corrected chi connectivity index (χ1v) is 20.8. The molecule has 0 aromatic carbocycles. The van der Waals surface area contributed by atoms with Gasteiger partial charge >= 0.3 is 33.4 Å². The van der Waals surface area contributed by atoms with Crippen LogP contribution in [0, 0.1) is 0 Å². The number of hydrogen-bond donors (Lipinski definition) is 0. The van der Waals surface area contributed by atoms with E-state index in [1.807, 2.05) is 6.92 Å². The van der Waals surface area contributed by atoms with Gasteiger partial charge in [0.15, 0.2) is 0 Å². The summed E-state index contributed by atoms with van der Waals surface area (Å²) in [4.78, 5) is 0. The third-order valence-electron chi connectivity index (χ3n) is 8.27. The first-order chi connectivity index (χ1) is 21.4. The van der Waals surface area contributed by atoms with Gasteiger partial charge in [-0.15, -0.1) is 10.3 Å². The Morgan fingerprint density at radius 1 is 0.413 bits per heavy atom. The first kappa shape index (κ1) is 45.6. The summed E-state index contributed by atoms with van der Waals surface area (Å²) in [7, 11) is -10.0. The molecule has 0 saturated carbocycles. The lowest BCUT2D eigenvalue weighted by Crippen LogP contribution is -2.63. The third-order valence-corrected chi connectivity index (χ3v) is 14.1. The molecule has 46 heavy (non-hydrogen) atoms. The van der Waals surface area contributed by atoms with E-state index < -0.39 is 43.7 Å². The molecule has 3 nitrogen and oxygen atoms in total. The molecule has 0 bridgehead atoms. The van der Waals surface area contributed by atoms with Gasteiger partial charge in [-0.2, -0.15) is 47.9 Å². The number of halogens is 9. The highest BCUT2D eigenvalue weighted by molar-refractivity contribution is 8.33.